The van der Waals surface area contributed by atoms with Crippen molar-refractivity contribution in [1.82, 2.24) is 9.47 Å². The zero-order valence-corrected chi connectivity index (χ0v) is 19.3. The van der Waals surface area contributed by atoms with Gasteiger partial charge in [-0.1, -0.05) is 28.1 Å². The number of rotatable bonds is 5. The van der Waals surface area contributed by atoms with Crippen LogP contribution in [-0.4, -0.2) is 47.4 Å². The first kappa shape index (κ1) is 20.6. The molecule has 1 saturated heterocycles. The van der Waals surface area contributed by atoms with Crippen LogP contribution >= 0.6 is 15.9 Å². The number of nitrogens with one attached hydrogen (secondary N) is 1. The highest BCUT2D eigenvalue weighted by Crippen LogP contribution is 2.44. The standard InChI is InChI=1S/C25H28BrN3O2/c1-31-21-8-9-23-22(16-21)27-25(24-3-2-12-29(23)24)10-13-28(14-11-25)17-20(30)15-18-4-6-19(26)7-5-18/h2-9,12,16,20,27,30H,10-11,13-15,17H2,1H3/t20-/m1/s1. The molecule has 162 valence electrons. The summed E-state index contributed by atoms with van der Waals surface area (Å²) in [5.74, 6) is 0.866. The number of aromatic nitrogens is 1. The van der Waals surface area contributed by atoms with Crippen molar-refractivity contribution in [3.05, 3.63) is 76.5 Å². The van der Waals surface area contributed by atoms with Crippen molar-refractivity contribution < 1.29 is 9.84 Å². The van der Waals surface area contributed by atoms with E-state index >= 15 is 0 Å². The summed E-state index contributed by atoms with van der Waals surface area (Å²) in [5, 5.41) is 14.5. The van der Waals surface area contributed by atoms with Crippen LogP contribution in [0, 0.1) is 0 Å². The second-order valence-electron chi connectivity index (χ2n) is 8.64. The van der Waals surface area contributed by atoms with E-state index in [0.29, 0.717) is 13.0 Å². The number of benzene rings is 2. The second kappa shape index (κ2) is 8.34. The number of nitrogens with zero attached hydrogens (tertiary/aromatic N) is 2. The van der Waals surface area contributed by atoms with Gasteiger partial charge in [-0.25, -0.2) is 0 Å². The van der Waals surface area contributed by atoms with Crippen molar-refractivity contribution in [2.45, 2.75) is 30.9 Å². The zero-order valence-electron chi connectivity index (χ0n) is 17.7. The van der Waals surface area contributed by atoms with E-state index in [9.17, 15) is 5.11 Å². The minimum Gasteiger partial charge on any atom is -0.497 e. The van der Waals surface area contributed by atoms with E-state index in [1.54, 1.807) is 7.11 Å². The van der Waals surface area contributed by atoms with E-state index < -0.39 is 0 Å². The summed E-state index contributed by atoms with van der Waals surface area (Å²) < 4.78 is 8.83. The van der Waals surface area contributed by atoms with Gasteiger partial charge in [0.2, 0.25) is 0 Å². The number of aliphatic hydroxyl groups excluding tert-OH is 1. The molecular formula is C25H28BrN3O2. The molecule has 0 aliphatic carbocycles. The first-order valence-electron chi connectivity index (χ1n) is 10.9. The molecule has 1 aromatic heterocycles. The number of likely N-dealkylation sites (tertiary alicyclic amines) is 1. The van der Waals surface area contributed by atoms with Gasteiger partial charge in [-0.15, -0.1) is 0 Å². The average Bonchev–Trinajstić information content (AvgIpc) is 3.28. The first-order valence-corrected chi connectivity index (χ1v) is 11.6. The molecule has 1 atom stereocenters. The SMILES string of the molecule is COc1ccc2c(c1)NC1(CCN(C[C@H](O)Cc3ccc(Br)cc3)CC1)c1cccn1-2. The number of β-amino-alcohol motifs (C(OH)–C–C–N with tert-alkyl or cyclic N) is 1. The highest BCUT2D eigenvalue weighted by molar-refractivity contribution is 9.10. The van der Waals surface area contributed by atoms with Gasteiger partial charge in [-0.2, -0.15) is 0 Å². The van der Waals surface area contributed by atoms with Gasteiger partial charge in [0.05, 0.1) is 30.1 Å². The monoisotopic (exact) mass is 481 g/mol. The Labute approximate surface area is 191 Å². The third-order valence-electron chi connectivity index (χ3n) is 6.64. The minimum atomic E-state index is -0.358. The quantitative estimate of drug-likeness (QED) is 0.560. The fourth-order valence-corrected chi connectivity index (χ4v) is 5.27. The molecule has 31 heavy (non-hydrogen) atoms. The summed E-state index contributed by atoms with van der Waals surface area (Å²) in [5.41, 5.74) is 4.68. The Balaban J connectivity index is 1.27. The fourth-order valence-electron chi connectivity index (χ4n) is 5.01. The van der Waals surface area contributed by atoms with Crippen LogP contribution in [0.3, 0.4) is 0 Å². The molecule has 3 aromatic rings. The van der Waals surface area contributed by atoms with E-state index in [-0.39, 0.29) is 11.6 Å². The molecule has 2 aliphatic heterocycles. The van der Waals surface area contributed by atoms with Crippen molar-refractivity contribution >= 4 is 21.6 Å². The van der Waals surface area contributed by atoms with E-state index in [4.69, 9.17) is 4.74 Å². The molecule has 1 fully saturated rings. The maximum atomic E-state index is 10.7. The minimum absolute atomic E-state index is 0.0873. The van der Waals surface area contributed by atoms with Crippen LogP contribution in [0.2, 0.25) is 0 Å². The van der Waals surface area contributed by atoms with Gasteiger partial charge in [-0.05, 0) is 61.2 Å². The molecule has 0 saturated carbocycles. The number of aliphatic hydroxyl groups is 1. The Morgan fingerprint density at radius 2 is 1.90 bits per heavy atom. The predicted octanol–water partition coefficient (Wildman–Crippen LogP) is 4.57. The maximum Gasteiger partial charge on any atom is 0.121 e. The van der Waals surface area contributed by atoms with E-state index in [0.717, 1.165) is 41.8 Å². The van der Waals surface area contributed by atoms with Crippen LogP contribution in [0.15, 0.2) is 65.3 Å². The van der Waals surface area contributed by atoms with Crippen molar-refractivity contribution in [3.63, 3.8) is 0 Å². The van der Waals surface area contributed by atoms with Gasteiger partial charge in [0, 0.05) is 42.1 Å². The Morgan fingerprint density at radius 3 is 2.65 bits per heavy atom. The zero-order chi connectivity index (χ0) is 21.4. The van der Waals surface area contributed by atoms with Crippen molar-refractivity contribution in [2.75, 3.05) is 32.1 Å². The van der Waals surface area contributed by atoms with Gasteiger partial charge in [-0.3, -0.25) is 0 Å². The van der Waals surface area contributed by atoms with Gasteiger partial charge in [0.15, 0.2) is 0 Å². The van der Waals surface area contributed by atoms with Crippen LogP contribution < -0.4 is 10.1 Å². The van der Waals surface area contributed by atoms with Gasteiger partial charge in [0.25, 0.3) is 0 Å². The topological polar surface area (TPSA) is 49.7 Å². The molecule has 2 N–H and O–H groups in total. The van der Waals surface area contributed by atoms with Crippen LogP contribution in [0.25, 0.3) is 5.69 Å². The van der Waals surface area contributed by atoms with Crippen LogP contribution in [-0.2, 0) is 12.0 Å². The summed E-state index contributed by atoms with van der Waals surface area (Å²) in [6.45, 7) is 2.61. The molecule has 0 radical (unpaired) electrons. The van der Waals surface area contributed by atoms with Crippen LogP contribution in [0.1, 0.15) is 24.1 Å². The lowest BCUT2D eigenvalue weighted by atomic mass is 9.82. The third kappa shape index (κ3) is 4.00. The lowest BCUT2D eigenvalue weighted by Gasteiger charge is -2.46. The van der Waals surface area contributed by atoms with E-state index in [1.165, 1.54) is 16.9 Å². The largest absolute Gasteiger partial charge is 0.497 e. The highest BCUT2D eigenvalue weighted by Gasteiger charge is 2.41. The average molecular weight is 482 g/mol. The second-order valence-corrected chi connectivity index (χ2v) is 9.55. The third-order valence-corrected chi connectivity index (χ3v) is 7.17. The van der Waals surface area contributed by atoms with Crippen LogP contribution in [0.5, 0.6) is 5.75 Å². The molecule has 0 unspecified atom stereocenters. The lowest BCUT2D eigenvalue weighted by Crippen LogP contribution is -2.51. The molecule has 1 spiro atoms. The molecule has 6 heteroatoms. The van der Waals surface area contributed by atoms with Gasteiger partial charge >= 0.3 is 0 Å². The molecular weight excluding hydrogens is 454 g/mol. The highest BCUT2D eigenvalue weighted by atomic mass is 79.9. The molecule has 5 nitrogen and oxygen atoms in total. The smallest absolute Gasteiger partial charge is 0.121 e. The van der Waals surface area contributed by atoms with Crippen LogP contribution in [0.4, 0.5) is 5.69 Å². The van der Waals surface area contributed by atoms with Gasteiger partial charge < -0.3 is 24.6 Å². The summed E-state index contributed by atoms with van der Waals surface area (Å²) in [6.07, 6.45) is 4.47. The summed E-state index contributed by atoms with van der Waals surface area (Å²) in [4.78, 5) is 2.39. The predicted molar refractivity (Wildman–Crippen MR) is 127 cm³/mol. The normalized spacial score (nSPS) is 18.2. The van der Waals surface area contributed by atoms with E-state index in [1.807, 2.05) is 18.2 Å². The molecule has 2 aliphatic rings. The first-order chi connectivity index (χ1) is 15.1. The molecule has 0 amide bonds. The van der Waals surface area contributed by atoms with Crippen molar-refractivity contribution in [1.29, 1.82) is 0 Å². The summed E-state index contributed by atoms with van der Waals surface area (Å²) in [6, 6.07) is 18.8. The Hall–Kier alpha value is -2.28. The Kier molecular flexibility index (Phi) is 5.54. The molecule has 0 bridgehead atoms. The van der Waals surface area contributed by atoms with E-state index in [2.05, 4.69) is 73.3 Å². The number of halogens is 1. The molecule has 2 aromatic carbocycles. The Bertz CT molecular complexity index is 1050. The summed E-state index contributed by atoms with van der Waals surface area (Å²) in [7, 11) is 1.71. The lowest BCUT2D eigenvalue weighted by molar-refractivity contribution is 0.0846. The van der Waals surface area contributed by atoms with Crippen molar-refractivity contribution in [2.24, 2.45) is 0 Å². The number of fused-ring (bicyclic) bond motifs is 4. The number of anilines is 1. The number of methoxy groups -OCH3 is 1. The number of piperidine rings is 1. The fraction of sp³-hybridized carbons (Fsp3) is 0.360. The molecule has 5 rings (SSSR count). The van der Waals surface area contributed by atoms with Crippen molar-refractivity contribution in [3.8, 4) is 11.4 Å². The number of ether oxygens (including phenoxy) is 1. The summed E-state index contributed by atoms with van der Waals surface area (Å²) >= 11 is 3.47. The number of hydrogen-bond acceptors (Lipinski definition) is 4. The Morgan fingerprint density at radius 1 is 1.13 bits per heavy atom. The molecule has 3 heterocycles. The van der Waals surface area contributed by atoms with Gasteiger partial charge in [0.1, 0.15) is 5.75 Å². The maximum absolute atomic E-state index is 10.7. The number of hydrogen-bond donors (Lipinski definition) is 2.